The van der Waals surface area contributed by atoms with Crippen LogP contribution < -0.4 is 9.73 Å². The average molecular weight is 408 g/mol. The van der Waals surface area contributed by atoms with Gasteiger partial charge in [0.25, 0.3) is 5.91 Å². The van der Waals surface area contributed by atoms with Crippen LogP contribution in [0.3, 0.4) is 0 Å². The van der Waals surface area contributed by atoms with Crippen molar-refractivity contribution in [2.45, 2.75) is 20.8 Å². The van der Waals surface area contributed by atoms with Crippen molar-refractivity contribution >= 4 is 38.9 Å². The number of amides is 1. The quantitative estimate of drug-likeness (QED) is 0.589. The maximum atomic E-state index is 12.3. The fourth-order valence-corrected chi connectivity index (χ4v) is 3.57. The molecule has 0 heterocycles. The zero-order chi connectivity index (χ0) is 20.2. The lowest BCUT2D eigenvalue weighted by Crippen LogP contribution is -2.39. The molecule has 1 amide bonds. The molecule has 0 bridgehead atoms. The second-order valence-corrected chi connectivity index (χ2v) is 8.64. The standard InChI is InChI=1S/C19H22ClN3O3S/c1-13-5-10-18(14(2)11-13)23(27(4,25)26)12-19(24)22-21-15(3)16-6-8-17(20)9-7-16/h5-11H,12H2,1-4H3,(H,22,24)/b21-15-. The third-order valence-electron chi connectivity index (χ3n) is 3.92. The van der Waals surface area contributed by atoms with Gasteiger partial charge in [-0.3, -0.25) is 9.10 Å². The highest BCUT2D eigenvalue weighted by molar-refractivity contribution is 7.92. The highest BCUT2D eigenvalue weighted by Crippen LogP contribution is 2.23. The molecule has 2 aromatic rings. The van der Waals surface area contributed by atoms with Gasteiger partial charge in [-0.2, -0.15) is 5.10 Å². The summed E-state index contributed by atoms with van der Waals surface area (Å²) in [5.41, 5.74) is 6.04. The van der Waals surface area contributed by atoms with E-state index in [1.165, 1.54) is 0 Å². The molecule has 0 saturated heterocycles. The van der Waals surface area contributed by atoms with Crippen LogP contribution >= 0.6 is 11.6 Å². The van der Waals surface area contributed by atoms with Crippen molar-refractivity contribution in [3.63, 3.8) is 0 Å². The number of hydrogen-bond acceptors (Lipinski definition) is 4. The molecule has 0 atom stereocenters. The number of hydrogen-bond donors (Lipinski definition) is 1. The zero-order valence-electron chi connectivity index (χ0n) is 15.7. The maximum absolute atomic E-state index is 12.3. The molecular formula is C19H22ClN3O3S. The molecule has 0 aliphatic heterocycles. The molecule has 2 rings (SSSR count). The Bertz CT molecular complexity index is 970. The highest BCUT2D eigenvalue weighted by atomic mass is 35.5. The van der Waals surface area contributed by atoms with Gasteiger partial charge in [0.1, 0.15) is 6.54 Å². The van der Waals surface area contributed by atoms with Crippen LogP contribution in [0.4, 0.5) is 5.69 Å². The van der Waals surface area contributed by atoms with Crippen LogP contribution in [-0.2, 0) is 14.8 Å². The number of carbonyl (C=O) groups is 1. The Morgan fingerprint density at radius 2 is 1.78 bits per heavy atom. The van der Waals surface area contributed by atoms with Gasteiger partial charge in [0.05, 0.1) is 17.7 Å². The summed E-state index contributed by atoms with van der Waals surface area (Å²) < 4.78 is 25.5. The van der Waals surface area contributed by atoms with Gasteiger partial charge in [-0.1, -0.05) is 41.4 Å². The number of rotatable bonds is 6. The first-order valence-electron chi connectivity index (χ1n) is 8.22. The topological polar surface area (TPSA) is 78.8 Å². The first kappa shape index (κ1) is 20.9. The van der Waals surface area contributed by atoms with Crippen molar-refractivity contribution in [3.8, 4) is 0 Å². The summed E-state index contributed by atoms with van der Waals surface area (Å²) in [5, 5.41) is 4.65. The molecule has 144 valence electrons. The van der Waals surface area contributed by atoms with Crippen LogP contribution in [0.5, 0.6) is 0 Å². The van der Waals surface area contributed by atoms with E-state index in [4.69, 9.17) is 11.6 Å². The number of sulfonamides is 1. The van der Waals surface area contributed by atoms with Crippen LogP contribution in [0.25, 0.3) is 0 Å². The Morgan fingerprint density at radius 1 is 1.15 bits per heavy atom. The Hall–Kier alpha value is -2.38. The molecule has 27 heavy (non-hydrogen) atoms. The summed E-state index contributed by atoms with van der Waals surface area (Å²) in [4.78, 5) is 12.3. The summed E-state index contributed by atoms with van der Waals surface area (Å²) in [5.74, 6) is -0.534. The van der Waals surface area contributed by atoms with Crippen molar-refractivity contribution < 1.29 is 13.2 Å². The summed E-state index contributed by atoms with van der Waals surface area (Å²) in [7, 11) is -3.63. The minimum Gasteiger partial charge on any atom is -0.271 e. The number of halogens is 1. The first-order chi connectivity index (χ1) is 12.6. The molecule has 0 aliphatic carbocycles. The summed E-state index contributed by atoms with van der Waals surface area (Å²) in [6.07, 6.45) is 1.07. The molecule has 0 saturated carbocycles. The molecule has 0 unspecified atom stereocenters. The van der Waals surface area contributed by atoms with E-state index in [9.17, 15) is 13.2 Å². The lowest BCUT2D eigenvalue weighted by Gasteiger charge is -2.23. The Kier molecular flexibility index (Phi) is 6.62. The highest BCUT2D eigenvalue weighted by Gasteiger charge is 2.22. The Labute approximate surface area is 164 Å². The van der Waals surface area contributed by atoms with E-state index in [1.54, 1.807) is 50.2 Å². The average Bonchev–Trinajstić information content (AvgIpc) is 2.58. The molecule has 0 aromatic heterocycles. The van der Waals surface area contributed by atoms with Crippen molar-refractivity contribution in [2.24, 2.45) is 5.10 Å². The molecule has 0 spiro atoms. The maximum Gasteiger partial charge on any atom is 0.260 e. The second-order valence-electron chi connectivity index (χ2n) is 6.30. The molecule has 0 radical (unpaired) electrons. The molecular weight excluding hydrogens is 386 g/mol. The summed E-state index contributed by atoms with van der Waals surface area (Å²) >= 11 is 5.85. The SMILES string of the molecule is C/C(=N/NC(=O)CN(c1ccc(C)cc1C)S(C)(=O)=O)c1ccc(Cl)cc1. The molecule has 1 N–H and O–H groups in total. The lowest BCUT2D eigenvalue weighted by molar-refractivity contribution is -0.119. The van der Waals surface area contributed by atoms with Gasteiger partial charge >= 0.3 is 0 Å². The number of nitrogens with zero attached hydrogens (tertiary/aromatic N) is 2. The zero-order valence-corrected chi connectivity index (χ0v) is 17.2. The van der Waals surface area contributed by atoms with Crippen LogP contribution in [0.2, 0.25) is 5.02 Å². The normalized spacial score (nSPS) is 12.0. The van der Waals surface area contributed by atoms with Crippen molar-refractivity contribution in [1.29, 1.82) is 0 Å². The summed E-state index contributed by atoms with van der Waals surface area (Å²) in [6.45, 7) is 5.10. The van der Waals surface area contributed by atoms with Crippen LogP contribution in [-0.4, -0.2) is 32.8 Å². The van der Waals surface area contributed by atoms with Crippen molar-refractivity contribution in [2.75, 3.05) is 17.1 Å². The van der Waals surface area contributed by atoms with Crippen molar-refractivity contribution in [3.05, 3.63) is 64.2 Å². The Balaban J connectivity index is 2.17. The lowest BCUT2D eigenvalue weighted by atomic mass is 10.1. The number of anilines is 1. The molecule has 6 nitrogen and oxygen atoms in total. The first-order valence-corrected chi connectivity index (χ1v) is 10.4. The van der Waals surface area contributed by atoms with Gasteiger partial charge in [-0.05, 0) is 50.1 Å². The third kappa shape index (κ3) is 5.80. The number of benzene rings is 2. The third-order valence-corrected chi connectivity index (χ3v) is 5.30. The van der Waals surface area contributed by atoms with E-state index in [2.05, 4.69) is 10.5 Å². The monoisotopic (exact) mass is 407 g/mol. The second kappa shape index (κ2) is 8.54. The summed E-state index contributed by atoms with van der Waals surface area (Å²) in [6, 6.07) is 12.4. The smallest absolute Gasteiger partial charge is 0.260 e. The van der Waals surface area contributed by atoms with Gasteiger partial charge in [-0.25, -0.2) is 13.8 Å². The van der Waals surface area contributed by atoms with Gasteiger partial charge < -0.3 is 0 Å². The predicted octanol–water partition coefficient (Wildman–Crippen LogP) is 3.26. The van der Waals surface area contributed by atoms with Gasteiger partial charge in [-0.15, -0.1) is 0 Å². The largest absolute Gasteiger partial charge is 0.271 e. The number of carbonyl (C=O) groups excluding carboxylic acids is 1. The number of hydrazone groups is 1. The molecule has 2 aromatic carbocycles. The minimum absolute atomic E-state index is 0.361. The predicted molar refractivity (Wildman–Crippen MR) is 110 cm³/mol. The van der Waals surface area contributed by atoms with E-state index in [0.29, 0.717) is 16.4 Å². The fraction of sp³-hybridized carbons (Fsp3) is 0.263. The molecule has 8 heteroatoms. The van der Waals surface area contributed by atoms with Crippen LogP contribution in [0, 0.1) is 13.8 Å². The van der Waals surface area contributed by atoms with E-state index in [1.807, 2.05) is 13.0 Å². The van der Waals surface area contributed by atoms with Gasteiger partial charge in [0.2, 0.25) is 10.0 Å². The van der Waals surface area contributed by atoms with Crippen LogP contribution in [0.15, 0.2) is 47.6 Å². The molecule has 0 aliphatic rings. The number of aryl methyl sites for hydroxylation is 2. The number of nitrogens with one attached hydrogen (secondary N) is 1. The van der Waals surface area contributed by atoms with Gasteiger partial charge in [0.15, 0.2) is 0 Å². The van der Waals surface area contributed by atoms with E-state index in [-0.39, 0.29) is 6.54 Å². The van der Waals surface area contributed by atoms with E-state index >= 15 is 0 Å². The fourth-order valence-electron chi connectivity index (χ4n) is 2.53. The van der Waals surface area contributed by atoms with E-state index in [0.717, 1.165) is 27.3 Å². The van der Waals surface area contributed by atoms with E-state index < -0.39 is 15.9 Å². The van der Waals surface area contributed by atoms with Gasteiger partial charge in [0, 0.05) is 5.02 Å². The molecule has 0 fully saturated rings. The van der Waals surface area contributed by atoms with Crippen LogP contribution in [0.1, 0.15) is 23.6 Å². The van der Waals surface area contributed by atoms with Crippen molar-refractivity contribution in [1.82, 2.24) is 5.43 Å². The Morgan fingerprint density at radius 3 is 2.33 bits per heavy atom. The minimum atomic E-state index is -3.63.